The van der Waals surface area contributed by atoms with Gasteiger partial charge in [0.1, 0.15) is 0 Å². The number of amides is 1. The normalized spacial score (nSPS) is 22.3. The molecule has 2 aromatic carbocycles. The zero-order valence-electron chi connectivity index (χ0n) is 23.4. The van der Waals surface area contributed by atoms with Gasteiger partial charge in [0, 0.05) is 24.7 Å². The van der Waals surface area contributed by atoms with Crippen molar-refractivity contribution in [3.8, 4) is 0 Å². The highest BCUT2D eigenvalue weighted by molar-refractivity contribution is 7.89. The quantitative estimate of drug-likeness (QED) is 0.369. The predicted octanol–water partition coefficient (Wildman–Crippen LogP) is 3.11. The second-order valence-electron chi connectivity index (χ2n) is 10.8. The van der Waals surface area contributed by atoms with Crippen molar-refractivity contribution in [2.45, 2.75) is 63.0 Å². The molecule has 11 heteroatoms. The molecule has 2 aliphatic rings. The van der Waals surface area contributed by atoms with E-state index in [0.29, 0.717) is 25.1 Å². The van der Waals surface area contributed by atoms with E-state index in [1.165, 1.54) is 28.6 Å². The number of anilines is 1. The topological polar surface area (TPSA) is 132 Å². The molecule has 3 N–H and O–H groups in total. The minimum absolute atomic E-state index is 0.0101. The van der Waals surface area contributed by atoms with Crippen LogP contribution in [0.15, 0.2) is 59.5 Å². The number of nitrogens with zero attached hydrogens (tertiary/aromatic N) is 2. The second kappa shape index (κ2) is 13.3. The van der Waals surface area contributed by atoms with E-state index in [1.54, 1.807) is 11.8 Å². The first-order chi connectivity index (χ1) is 19.1. The highest BCUT2D eigenvalue weighted by atomic mass is 32.2. The SMILES string of the molecule is CCOC(=O)N([C@H]1CO[C@H]2OCC[C@H]21)[C@@H](Cc1ccccc1)[C@H](O)CN(CC(C)C)S(=O)(=O)c1ccc(N)cc1. The number of carbonyl (C=O) groups is 1. The summed E-state index contributed by atoms with van der Waals surface area (Å²) < 4.78 is 45.8. The number of aliphatic hydroxyl groups excluding tert-OH is 1. The Morgan fingerprint density at radius 3 is 2.45 bits per heavy atom. The third-order valence-corrected chi connectivity index (χ3v) is 9.26. The van der Waals surface area contributed by atoms with Crippen LogP contribution in [0.25, 0.3) is 0 Å². The zero-order valence-corrected chi connectivity index (χ0v) is 24.2. The van der Waals surface area contributed by atoms with E-state index < -0.39 is 34.6 Å². The summed E-state index contributed by atoms with van der Waals surface area (Å²) in [6, 6.07) is 14.4. The van der Waals surface area contributed by atoms with E-state index in [2.05, 4.69) is 0 Å². The Morgan fingerprint density at radius 2 is 1.80 bits per heavy atom. The monoisotopic (exact) mass is 575 g/mol. The lowest BCUT2D eigenvalue weighted by molar-refractivity contribution is -0.0907. The molecular weight excluding hydrogens is 534 g/mol. The minimum Gasteiger partial charge on any atom is -0.450 e. The number of carbonyl (C=O) groups excluding carboxylic acids is 1. The van der Waals surface area contributed by atoms with Gasteiger partial charge in [-0.15, -0.1) is 0 Å². The first-order valence-electron chi connectivity index (χ1n) is 13.9. The molecule has 220 valence electrons. The summed E-state index contributed by atoms with van der Waals surface area (Å²) in [4.78, 5) is 15.2. The molecule has 2 aliphatic heterocycles. The van der Waals surface area contributed by atoms with Gasteiger partial charge in [-0.2, -0.15) is 4.31 Å². The maximum atomic E-state index is 13.7. The van der Waals surface area contributed by atoms with Gasteiger partial charge in [-0.05, 0) is 55.5 Å². The van der Waals surface area contributed by atoms with E-state index in [-0.39, 0.29) is 49.1 Å². The molecule has 0 saturated carbocycles. The van der Waals surface area contributed by atoms with Crippen molar-refractivity contribution in [2.75, 3.05) is 38.6 Å². The number of sulfonamides is 1. The number of benzene rings is 2. The lowest BCUT2D eigenvalue weighted by Crippen LogP contribution is -2.58. The van der Waals surface area contributed by atoms with E-state index in [1.807, 2.05) is 44.2 Å². The van der Waals surface area contributed by atoms with Crippen molar-refractivity contribution >= 4 is 21.8 Å². The Kier molecular flexibility index (Phi) is 10.1. The molecular formula is C29H41N3O7S. The smallest absolute Gasteiger partial charge is 0.410 e. The van der Waals surface area contributed by atoms with Crippen LogP contribution < -0.4 is 5.73 Å². The number of rotatable bonds is 12. The fraction of sp³-hybridized carbons (Fsp3) is 0.552. The summed E-state index contributed by atoms with van der Waals surface area (Å²) in [7, 11) is -3.97. The molecule has 2 saturated heterocycles. The number of ether oxygens (including phenoxy) is 3. The van der Waals surface area contributed by atoms with E-state index in [4.69, 9.17) is 19.9 Å². The summed E-state index contributed by atoms with van der Waals surface area (Å²) in [5, 5.41) is 11.8. The summed E-state index contributed by atoms with van der Waals surface area (Å²) in [6.45, 7) is 6.47. The maximum absolute atomic E-state index is 13.7. The second-order valence-corrected chi connectivity index (χ2v) is 12.7. The molecule has 10 nitrogen and oxygen atoms in total. The van der Waals surface area contributed by atoms with Gasteiger partial charge in [0.25, 0.3) is 0 Å². The molecule has 2 fully saturated rings. The highest BCUT2D eigenvalue weighted by Gasteiger charge is 2.49. The van der Waals surface area contributed by atoms with Crippen LogP contribution in [0, 0.1) is 11.8 Å². The molecule has 40 heavy (non-hydrogen) atoms. The van der Waals surface area contributed by atoms with E-state index in [0.717, 1.165) is 5.56 Å². The fourth-order valence-corrected chi connectivity index (χ4v) is 7.14. The lowest BCUT2D eigenvalue weighted by atomic mass is 9.93. The molecule has 0 bridgehead atoms. The average molecular weight is 576 g/mol. The van der Waals surface area contributed by atoms with Gasteiger partial charge in [0.05, 0.1) is 42.9 Å². The summed E-state index contributed by atoms with van der Waals surface area (Å²) in [6.07, 6.45) is -1.20. The number of nitrogens with two attached hydrogens (primary N) is 1. The van der Waals surface area contributed by atoms with Crippen LogP contribution in [0.4, 0.5) is 10.5 Å². The van der Waals surface area contributed by atoms with Crippen molar-refractivity contribution in [3.63, 3.8) is 0 Å². The van der Waals surface area contributed by atoms with Gasteiger partial charge >= 0.3 is 6.09 Å². The van der Waals surface area contributed by atoms with E-state index in [9.17, 15) is 18.3 Å². The number of hydrogen-bond donors (Lipinski definition) is 2. The van der Waals surface area contributed by atoms with Crippen LogP contribution in [0.1, 0.15) is 32.8 Å². The first-order valence-corrected chi connectivity index (χ1v) is 15.3. The number of hydrogen-bond acceptors (Lipinski definition) is 8. The summed E-state index contributed by atoms with van der Waals surface area (Å²) in [5.74, 6) is -0.0794. The molecule has 1 amide bonds. The van der Waals surface area contributed by atoms with Crippen molar-refractivity contribution in [2.24, 2.45) is 11.8 Å². The number of nitrogen functional groups attached to an aromatic ring is 1. The van der Waals surface area contributed by atoms with Crippen LogP contribution in [0.5, 0.6) is 0 Å². The molecule has 0 aliphatic carbocycles. The minimum atomic E-state index is -3.97. The van der Waals surface area contributed by atoms with Crippen LogP contribution in [-0.2, 0) is 30.7 Å². The molecule has 0 aromatic heterocycles. The molecule has 0 spiro atoms. The lowest BCUT2D eigenvalue weighted by Gasteiger charge is -2.40. The van der Waals surface area contributed by atoms with Crippen molar-refractivity contribution in [1.82, 2.24) is 9.21 Å². The Balaban J connectivity index is 1.70. The molecule has 0 radical (unpaired) electrons. The van der Waals surface area contributed by atoms with Crippen LogP contribution >= 0.6 is 0 Å². The van der Waals surface area contributed by atoms with Gasteiger partial charge in [-0.1, -0.05) is 44.2 Å². The Labute approximate surface area is 237 Å². The third-order valence-electron chi connectivity index (χ3n) is 7.41. The molecule has 4 rings (SSSR count). The largest absolute Gasteiger partial charge is 0.450 e. The van der Waals surface area contributed by atoms with Gasteiger partial charge in [0.15, 0.2) is 6.29 Å². The van der Waals surface area contributed by atoms with Gasteiger partial charge in [-0.3, -0.25) is 4.90 Å². The summed E-state index contributed by atoms with van der Waals surface area (Å²) >= 11 is 0. The van der Waals surface area contributed by atoms with Crippen molar-refractivity contribution in [3.05, 3.63) is 60.2 Å². The Hall–Kier alpha value is -2.70. The fourth-order valence-electron chi connectivity index (χ4n) is 5.52. The van der Waals surface area contributed by atoms with Crippen molar-refractivity contribution < 1.29 is 32.5 Å². The van der Waals surface area contributed by atoms with Crippen LogP contribution in [0.2, 0.25) is 0 Å². The Morgan fingerprint density at radius 1 is 1.10 bits per heavy atom. The molecule has 2 heterocycles. The zero-order chi connectivity index (χ0) is 28.9. The van der Waals surface area contributed by atoms with Gasteiger partial charge in [-0.25, -0.2) is 13.2 Å². The van der Waals surface area contributed by atoms with Gasteiger partial charge < -0.3 is 25.1 Å². The Bertz CT molecular complexity index is 1210. The molecule has 2 aromatic rings. The van der Waals surface area contributed by atoms with Crippen LogP contribution in [-0.4, -0.2) is 86.2 Å². The predicted molar refractivity (Wildman–Crippen MR) is 151 cm³/mol. The standard InChI is InChI=1S/C29H41N3O7S/c1-4-37-29(34)32(26-19-39-28-24(26)14-15-38-28)25(16-21-8-6-5-7-9-21)27(33)18-31(17-20(2)3)40(35,36)23-12-10-22(30)11-13-23/h5-13,20,24-28,33H,4,14-19,30H2,1-3H3/t24-,25-,26-,27+,28+/m0/s1. The maximum Gasteiger partial charge on any atom is 0.410 e. The summed E-state index contributed by atoms with van der Waals surface area (Å²) in [5.41, 5.74) is 7.14. The van der Waals surface area contributed by atoms with Gasteiger partial charge in [0.2, 0.25) is 10.0 Å². The van der Waals surface area contributed by atoms with E-state index >= 15 is 0 Å². The molecule has 0 unspecified atom stereocenters. The van der Waals surface area contributed by atoms with Crippen LogP contribution in [0.3, 0.4) is 0 Å². The first kappa shape index (κ1) is 30.3. The third kappa shape index (κ3) is 6.95. The molecule has 5 atom stereocenters. The number of aliphatic hydroxyl groups is 1. The van der Waals surface area contributed by atoms with Crippen molar-refractivity contribution in [1.29, 1.82) is 0 Å². The average Bonchev–Trinajstić information content (AvgIpc) is 3.54. The number of fused-ring (bicyclic) bond motifs is 1. The highest BCUT2D eigenvalue weighted by Crippen LogP contribution is 2.36.